The third-order valence-corrected chi connectivity index (χ3v) is 2.40. The lowest BCUT2D eigenvalue weighted by atomic mass is 10.3. The highest BCUT2D eigenvalue weighted by atomic mass is 16.6. The van der Waals surface area contributed by atoms with Gasteiger partial charge in [0.15, 0.2) is 0 Å². The minimum atomic E-state index is -0.879. The summed E-state index contributed by atoms with van der Waals surface area (Å²) < 4.78 is 12.2. The number of para-hydroxylation sites is 1. The Bertz CT molecular complexity index is 658. The van der Waals surface area contributed by atoms with Gasteiger partial charge in [-0.3, -0.25) is 0 Å². The quantitative estimate of drug-likeness (QED) is 0.848. The minimum absolute atomic E-state index is 0.0648. The van der Waals surface area contributed by atoms with E-state index in [0.717, 1.165) is 4.57 Å². The largest absolute Gasteiger partial charge is 0.461 e. The highest BCUT2D eigenvalue weighted by Crippen LogP contribution is 2.10. The Morgan fingerprint density at radius 3 is 2.50 bits per heavy atom. The molecule has 20 heavy (non-hydrogen) atoms. The molecule has 0 saturated carbocycles. The molecule has 0 radical (unpaired) electrons. The van der Waals surface area contributed by atoms with Crippen LogP contribution in [0.4, 0.5) is 4.79 Å². The van der Waals surface area contributed by atoms with Crippen LogP contribution in [0.25, 0.3) is 0 Å². The monoisotopic (exact) mass is 277 g/mol. The number of rotatable bonds is 3. The van der Waals surface area contributed by atoms with E-state index in [-0.39, 0.29) is 12.1 Å². The fraction of sp³-hybridized carbons (Fsp3) is 0.308. The normalized spacial score (nSPS) is 10.6. The Labute approximate surface area is 115 Å². The average Bonchev–Trinajstić information content (AvgIpc) is 2.68. The van der Waals surface area contributed by atoms with Crippen molar-refractivity contribution in [1.82, 2.24) is 14.3 Å². The number of hydrogen-bond acceptors (Lipinski definition) is 5. The average molecular weight is 277 g/mol. The van der Waals surface area contributed by atoms with Gasteiger partial charge in [-0.25, -0.2) is 14.2 Å². The second kappa shape index (κ2) is 5.60. The fourth-order valence-electron chi connectivity index (χ4n) is 1.48. The second-order valence-electron chi connectivity index (χ2n) is 4.38. The summed E-state index contributed by atoms with van der Waals surface area (Å²) in [4.78, 5) is 23.8. The summed E-state index contributed by atoms with van der Waals surface area (Å²) in [5.41, 5.74) is -0.624. The molecule has 1 aromatic heterocycles. The van der Waals surface area contributed by atoms with Crippen LogP contribution in [-0.2, 0) is 7.05 Å². The SMILES string of the molecule is CC(C)Oc1nn(C(=O)Oc2ccccc2)c(=O)n1C. The van der Waals surface area contributed by atoms with E-state index in [1.807, 2.05) is 0 Å². The van der Waals surface area contributed by atoms with Crippen LogP contribution in [0.2, 0.25) is 0 Å². The van der Waals surface area contributed by atoms with E-state index in [1.54, 1.807) is 44.2 Å². The Balaban J connectivity index is 2.25. The molecule has 1 heterocycles. The molecule has 0 saturated heterocycles. The standard InChI is InChI=1S/C13H15N3O4/c1-9(2)19-11-14-16(12(17)15(11)3)13(18)20-10-7-5-4-6-8-10/h4-9H,1-3H3. The van der Waals surface area contributed by atoms with E-state index < -0.39 is 11.8 Å². The van der Waals surface area contributed by atoms with Crippen molar-refractivity contribution >= 4 is 6.09 Å². The summed E-state index contributed by atoms with van der Waals surface area (Å²) >= 11 is 0. The van der Waals surface area contributed by atoms with Gasteiger partial charge in [0.05, 0.1) is 6.10 Å². The van der Waals surface area contributed by atoms with Gasteiger partial charge in [-0.15, -0.1) is 9.78 Å². The number of carbonyl (C=O) groups is 1. The van der Waals surface area contributed by atoms with Gasteiger partial charge in [0.2, 0.25) is 0 Å². The first kappa shape index (κ1) is 13.9. The molecule has 0 aliphatic rings. The summed E-state index contributed by atoms with van der Waals surface area (Å²) in [6.45, 7) is 3.59. The topological polar surface area (TPSA) is 75.4 Å². The van der Waals surface area contributed by atoms with Gasteiger partial charge in [0.25, 0.3) is 0 Å². The molecule has 0 atom stereocenters. The first-order valence-corrected chi connectivity index (χ1v) is 6.09. The molecule has 0 bridgehead atoms. The summed E-state index contributed by atoms with van der Waals surface area (Å²) in [6.07, 6.45) is -1.04. The molecular weight excluding hydrogens is 262 g/mol. The van der Waals surface area contributed by atoms with E-state index in [1.165, 1.54) is 7.05 Å². The lowest BCUT2D eigenvalue weighted by Gasteiger charge is -2.06. The molecule has 0 unspecified atom stereocenters. The van der Waals surface area contributed by atoms with Crippen molar-refractivity contribution in [2.24, 2.45) is 7.05 Å². The molecule has 0 spiro atoms. The van der Waals surface area contributed by atoms with Crippen molar-refractivity contribution < 1.29 is 14.3 Å². The summed E-state index contributed by atoms with van der Waals surface area (Å²) in [6, 6.07) is 8.51. The van der Waals surface area contributed by atoms with Crippen LogP contribution in [0.1, 0.15) is 13.8 Å². The van der Waals surface area contributed by atoms with Crippen molar-refractivity contribution in [3.8, 4) is 11.8 Å². The predicted molar refractivity (Wildman–Crippen MR) is 71.1 cm³/mol. The van der Waals surface area contributed by atoms with Gasteiger partial charge in [-0.1, -0.05) is 18.2 Å². The highest BCUT2D eigenvalue weighted by molar-refractivity contribution is 5.71. The van der Waals surface area contributed by atoms with Gasteiger partial charge >= 0.3 is 17.8 Å². The first-order chi connectivity index (χ1) is 9.49. The van der Waals surface area contributed by atoms with Gasteiger partial charge < -0.3 is 9.47 Å². The molecule has 2 rings (SSSR count). The number of carbonyl (C=O) groups excluding carboxylic acids is 1. The smallest absolute Gasteiger partial charge is 0.444 e. The molecule has 0 fully saturated rings. The van der Waals surface area contributed by atoms with Gasteiger partial charge in [0, 0.05) is 7.05 Å². The maximum absolute atomic E-state index is 11.9. The van der Waals surface area contributed by atoms with Crippen molar-refractivity contribution in [2.75, 3.05) is 0 Å². The maximum Gasteiger partial charge on any atom is 0.444 e. The first-order valence-electron chi connectivity index (χ1n) is 6.09. The molecule has 0 aliphatic heterocycles. The predicted octanol–water partition coefficient (Wildman–Crippen LogP) is 1.42. The minimum Gasteiger partial charge on any atom is -0.461 e. The lowest BCUT2D eigenvalue weighted by molar-refractivity contribution is 0.193. The van der Waals surface area contributed by atoms with Gasteiger partial charge in [-0.2, -0.15) is 0 Å². The molecule has 0 aliphatic carbocycles. The maximum atomic E-state index is 11.9. The Hall–Kier alpha value is -2.57. The number of benzene rings is 1. The van der Waals surface area contributed by atoms with Crippen LogP contribution >= 0.6 is 0 Å². The van der Waals surface area contributed by atoms with Crippen LogP contribution in [0.15, 0.2) is 35.1 Å². The molecule has 7 nitrogen and oxygen atoms in total. The number of hydrogen-bond donors (Lipinski definition) is 0. The van der Waals surface area contributed by atoms with E-state index in [2.05, 4.69) is 5.10 Å². The Morgan fingerprint density at radius 1 is 1.25 bits per heavy atom. The van der Waals surface area contributed by atoms with Gasteiger partial charge in [0.1, 0.15) is 5.75 Å². The van der Waals surface area contributed by atoms with Crippen LogP contribution in [0, 0.1) is 0 Å². The Morgan fingerprint density at radius 2 is 1.90 bits per heavy atom. The molecule has 7 heteroatoms. The number of aromatic nitrogens is 3. The fourth-order valence-corrected chi connectivity index (χ4v) is 1.48. The zero-order chi connectivity index (χ0) is 14.7. The van der Waals surface area contributed by atoms with E-state index in [4.69, 9.17) is 9.47 Å². The third-order valence-electron chi connectivity index (χ3n) is 2.40. The zero-order valence-corrected chi connectivity index (χ0v) is 11.4. The van der Waals surface area contributed by atoms with Crippen LogP contribution in [0.3, 0.4) is 0 Å². The summed E-state index contributed by atoms with van der Waals surface area (Å²) in [5, 5.41) is 3.82. The summed E-state index contributed by atoms with van der Waals surface area (Å²) in [7, 11) is 1.47. The molecule has 2 aromatic rings. The van der Waals surface area contributed by atoms with Crippen LogP contribution in [0.5, 0.6) is 11.8 Å². The van der Waals surface area contributed by atoms with Crippen molar-refractivity contribution in [3.63, 3.8) is 0 Å². The van der Waals surface area contributed by atoms with Crippen LogP contribution < -0.4 is 15.2 Å². The van der Waals surface area contributed by atoms with Crippen molar-refractivity contribution in [3.05, 3.63) is 40.8 Å². The van der Waals surface area contributed by atoms with Crippen LogP contribution in [-0.4, -0.2) is 26.5 Å². The number of nitrogens with zero attached hydrogens (tertiary/aromatic N) is 3. The zero-order valence-electron chi connectivity index (χ0n) is 11.4. The molecule has 106 valence electrons. The molecular formula is C13H15N3O4. The third kappa shape index (κ3) is 2.87. The van der Waals surface area contributed by atoms with E-state index in [0.29, 0.717) is 10.4 Å². The number of ether oxygens (including phenoxy) is 2. The lowest BCUT2D eigenvalue weighted by Crippen LogP contribution is -2.31. The Kier molecular flexibility index (Phi) is 3.88. The van der Waals surface area contributed by atoms with E-state index >= 15 is 0 Å². The molecule has 1 aromatic carbocycles. The molecule has 0 amide bonds. The van der Waals surface area contributed by atoms with E-state index in [9.17, 15) is 9.59 Å². The van der Waals surface area contributed by atoms with Crippen molar-refractivity contribution in [2.45, 2.75) is 20.0 Å². The summed E-state index contributed by atoms with van der Waals surface area (Å²) in [5.74, 6) is 0.335. The highest BCUT2D eigenvalue weighted by Gasteiger charge is 2.19. The van der Waals surface area contributed by atoms with Gasteiger partial charge in [-0.05, 0) is 26.0 Å². The van der Waals surface area contributed by atoms with Crippen molar-refractivity contribution in [1.29, 1.82) is 0 Å². The molecule has 0 N–H and O–H groups in total. The second-order valence-corrected chi connectivity index (χ2v) is 4.38.